The van der Waals surface area contributed by atoms with Gasteiger partial charge in [-0.3, -0.25) is 9.36 Å². The molecule has 178 valence electrons. The lowest BCUT2D eigenvalue weighted by Gasteiger charge is -2.14. The van der Waals surface area contributed by atoms with Crippen LogP contribution in [0.4, 0.5) is 13.2 Å². The van der Waals surface area contributed by atoms with Crippen LogP contribution in [0, 0.1) is 16.5 Å². The molecule has 0 atom stereocenters. The van der Waals surface area contributed by atoms with Crippen LogP contribution in [0.25, 0.3) is 0 Å². The zero-order valence-corrected chi connectivity index (χ0v) is 18.2. The number of alkyl halides is 3. The van der Waals surface area contributed by atoms with Gasteiger partial charge in [0.05, 0.1) is 29.6 Å². The zero-order valence-electron chi connectivity index (χ0n) is 16.7. The maximum Gasteiger partial charge on any atom is 0.437 e. The minimum atomic E-state index is -5.07. The summed E-state index contributed by atoms with van der Waals surface area (Å²) in [5, 5.41) is 29.8. The first-order valence-corrected chi connectivity index (χ1v) is 9.86. The summed E-state index contributed by atoms with van der Waals surface area (Å²) in [5.74, 6) is -1.82. The van der Waals surface area contributed by atoms with E-state index in [4.69, 9.17) is 43.0 Å². The molecule has 0 fully saturated rings. The Hall–Kier alpha value is -3.60. The van der Waals surface area contributed by atoms with E-state index in [0.29, 0.717) is 15.6 Å². The molecule has 0 spiro atoms. The molecule has 0 aliphatic rings. The summed E-state index contributed by atoms with van der Waals surface area (Å²) < 4.78 is 51.6. The van der Waals surface area contributed by atoms with Crippen molar-refractivity contribution in [2.45, 2.75) is 12.7 Å². The molecule has 3 rings (SSSR count). The molecule has 0 saturated carbocycles. The van der Waals surface area contributed by atoms with E-state index in [-0.39, 0.29) is 40.4 Å². The van der Waals surface area contributed by atoms with Gasteiger partial charge >= 0.3 is 6.18 Å². The number of halogens is 5. The zero-order chi connectivity index (χ0) is 25.0. The Kier molecular flexibility index (Phi) is 7.45. The van der Waals surface area contributed by atoms with Crippen LogP contribution in [-0.2, 0) is 12.7 Å². The number of aliphatic hydroxyl groups excluding tert-OH is 1. The highest BCUT2D eigenvalue weighted by molar-refractivity contribution is 6.32. The number of nitriles is 1. The molecule has 3 aromatic heterocycles. The summed E-state index contributed by atoms with van der Waals surface area (Å²) in [5.41, 5.74) is -3.14. The summed E-state index contributed by atoms with van der Waals surface area (Å²) in [6.45, 7) is -0.993. The van der Waals surface area contributed by atoms with Crippen molar-refractivity contribution in [3.63, 3.8) is 0 Å². The first-order valence-electron chi connectivity index (χ1n) is 9.11. The van der Waals surface area contributed by atoms with E-state index in [0.717, 1.165) is 24.4 Å². The fourth-order valence-electron chi connectivity index (χ4n) is 2.65. The average Bonchev–Trinajstić information content (AvgIpc) is 2.76. The number of nitrogens with zero attached hydrogens (tertiary/aromatic N) is 5. The first-order chi connectivity index (χ1) is 16.0. The van der Waals surface area contributed by atoms with E-state index in [1.54, 1.807) is 6.07 Å². The average molecular weight is 518 g/mol. The standard InChI is InChI=1S/C19H12Cl2F3N5O5/c20-12-5-11(29(32)8-13(12)33-2-1-30)7-28-9-26-17(19(22,23)24)16(18(28)31)34-15-4-10(6-25)3-14(21)27-15/h3-5,8-9,30H,1-2,7H2. The lowest BCUT2D eigenvalue weighted by Crippen LogP contribution is -2.35. The van der Waals surface area contributed by atoms with Crippen LogP contribution in [0.1, 0.15) is 17.0 Å². The third kappa shape index (κ3) is 5.66. The van der Waals surface area contributed by atoms with Gasteiger partial charge in [0, 0.05) is 12.1 Å². The molecule has 0 radical (unpaired) electrons. The number of pyridine rings is 2. The van der Waals surface area contributed by atoms with Gasteiger partial charge in [-0.2, -0.15) is 23.2 Å². The second-order valence-electron chi connectivity index (χ2n) is 6.46. The molecule has 0 aromatic carbocycles. The molecule has 10 nitrogen and oxygen atoms in total. The Bertz CT molecular complexity index is 1330. The summed E-state index contributed by atoms with van der Waals surface area (Å²) in [7, 11) is 0. The molecule has 0 unspecified atom stereocenters. The number of ether oxygens (including phenoxy) is 2. The van der Waals surface area contributed by atoms with Crippen molar-refractivity contribution in [1.29, 1.82) is 5.26 Å². The Morgan fingerprint density at radius 1 is 1.29 bits per heavy atom. The van der Waals surface area contributed by atoms with E-state index >= 15 is 0 Å². The molecule has 0 aliphatic heterocycles. The van der Waals surface area contributed by atoms with E-state index in [2.05, 4.69) is 9.97 Å². The number of rotatable bonds is 7. The predicted molar refractivity (Wildman–Crippen MR) is 110 cm³/mol. The number of hydrogen-bond donors (Lipinski definition) is 1. The van der Waals surface area contributed by atoms with Crippen molar-refractivity contribution < 1.29 is 32.5 Å². The van der Waals surface area contributed by atoms with Gasteiger partial charge in [0.25, 0.3) is 5.56 Å². The summed E-state index contributed by atoms with van der Waals surface area (Å²) in [4.78, 5) is 19.8. The van der Waals surface area contributed by atoms with Gasteiger partial charge in [-0.25, -0.2) is 9.97 Å². The highest BCUT2D eigenvalue weighted by Gasteiger charge is 2.39. The molecule has 0 amide bonds. The lowest BCUT2D eigenvalue weighted by molar-refractivity contribution is -0.614. The monoisotopic (exact) mass is 517 g/mol. The first kappa shape index (κ1) is 25.0. The van der Waals surface area contributed by atoms with E-state index < -0.39 is 35.6 Å². The van der Waals surface area contributed by atoms with Gasteiger partial charge in [-0.05, 0) is 6.07 Å². The molecule has 3 aromatic rings. The molecule has 34 heavy (non-hydrogen) atoms. The highest BCUT2D eigenvalue weighted by Crippen LogP contribution is 2.34. The van der Waals surface area contributed by atoms with Gasteiger partial charge in [0.2, 0.25) is 29.3 Å². The summed E-state index contributed by atoms with van der Waals surface area (Å²) in [6, 6.07) is 5.00. The maximum atomic E-state index is 13.5. The Balaban J connectivity index is 2.05. The second kappa shape index (κ2) is 10.1. The Morgan fingerprint density at radius 3 is 2.68 bits per heavy atom. The van der Waals surface area contributed by atoms with Crippen LogP contribution in [0.5, 0.6) is 17.4 Å². The smallest absolute Gasteiger partial charge is 0.437 e. The molecular weight excluding hydrogens is 506 g/mol. The van der Waals surface area contributed by atoms with Crippen molar-refractivity contribution in [3.05, 3.63) is 73.4 Å². The number of hydrogen-bond acceptors (Lipinski definition) is 8. The van der Waals surface area contributed by atoms with Crippen LogP contribution in [0.2, 0.25) is 10.2 Å². The quantitative estimate of drug-likeness (QED) is 0.287. The van der Waals surface area contributed by atoms with Crippen molar-refractivity contribution in [2.24, 2.45) is 0 Å². The molecular formula is C19H12Cl2F3N5O5. The minimum absolute atomic E-state index is 0.0351. The van der Waals surface area contributed by atoms with Gasteiger partial charge < -0.3 is 19.8 Å². The van der Waals surface area contributed by atoms with Crippen LogP contribution < -0.4 is 19.8 Å². The van der Waals surface area contributed by atoms with Crippen molar-refractivity contribution >= 4 is 23.2 Å². The largest absolute Gasteiger partial charge is 0.618 e. The van der Waals surface area contributed by atoms with Crippen LogP contribution in [0.15, 0.2) is 35.5 Å². The van der Waals surface area contributed by atoms with Crippen LogP contribution in [-0.4, -0.2) is 32.9 Å². The predicted octanol–water partition coefficient (Wildman–Crippen LogP) is 2.68. The maximum absolute atomic E-state index is 13.5. The third-order valence-electron chi connectivity index (χ3n) is 4.10. The van der Waals surface area contributed by atoms with Crippen molar-refractivity contribution in [3.8, 4) is 23.4 Å². The minimum Gasteiger partial charge on any atom is -0.618 e. The molecule has 1 N–H and O–H groups in total. The fourth-order valence-corrected chi connectivity index (χ4v) is 3.08. The summed E-state index contributed by atoms with van der Waals surface area (Å²) >= 11 is 11.8. The third-order valence-corrected chi connectivity index (χ3v) is 4.59. The van der Waals surface area contributed by atoms with E-state index in [9.17, 15) is 23.2 Å². The summed E-state index contributed by atoms with van der Waals surface area (Å²) in [6.07, 6.45) is -3.54. The lowest BCUT2D eigenvalue weighted by atomic mass is 10.3. The van der Waals surface area contributed by atoms with Crippen LogP contribution in [0.3, 0.4) is 0 Å². The second-order valence-corrected chi connectivity index (χ2v) is 7.25. The fraction of sp³-hybridized carbons (Fsp3) is 0.211. The Morgan fingerprint density at radius 2 is 2.03 bits per heavy atom. The van der Waals surface area contributed by atoms with Crippen LogP contribution >= 0.6 is 23.2 Å². The normalized spacial score (nSPS) is 11.2. The molecule has 0 saturated heterocycles. The Labute approximate surface area is 198 Å². The van der Waals surface area contributed by atoms with Gasteiger partial charge in [0.1, 0.15) is 18.3 Å². The molecule has 0 aliphatic carbocycles. The van der Waals surface area contributed by atoms with E-state index in [1.165, 1.54) is 0 Å². The topological polar surface area (TPSA) is 137 Å². The molecule has 15 heteroatoms. The molecule has 3 heterocycles. The van der Waals surface area contributed by atoms with Crippen molar-refractivity contribution in [1.82, 2.24) is 14.5 Å². The molecule has 0 bridgehead atoms. The van der Waals surface area contributed by atoms with Gasteiger partial charge in [-0.15, -0.1) is 0 Å². The number of aromatic nitrogens is 4. The number of aliphatic hydroxyl groups is 1. The SMILES string of the molecule is N#Cc1cc(Cl)nc(Oc2c(C(F)(F)F)ncn(Cc3cc(Cl)c(OCCO)c[n+]3[O-])c2=O)c1. The van der Waals surface area contributed by atoms with Crippen molar-refractivity contribution in [2.75, 3.05) is 13.2 Å². The van der Waals surface area contributed by atoms with Gasteiger partial charge in [0.15, 0.2) is 5.69 Å². The van der Waals surface area contributed by atoms with E-state index in [1.807, 2.05) is 0 Å². The van der Waals surface area contributed by atoms with Gasteiger partial charge in [-0.1, -0.05) is 23.2 Å². The highest BCUT2D eigenvalue weighted by atomic mass is 35.5.